The van der Waals surface area contributed by atoms with Crippen molar-refractivity contribution in [3.8, 4) is 0 Å². The molecular formula is C14H22BrN3S. The molecule has 1 saturated carbocycles. The van der Waals surface area contributed by atoms with Gasteiger partial charge in [-0.05, 0) is 35.2 Å². The maximum absolute atomic E-state index is 4.60. The number of hydrogen-bond acceptors (Lipinski definition) is 4. The molecule has 1 N–H and O–H groups in total. The minimum Gasteiger partial charge on any atom is -0.369 e. The molecular weight excluding hydrogens is 322 g/mol. The molecule has 0 spiro atoms. The van der Waals surface area contributed by atoms with E-state index in [1.165, 1.54) is 32.1 Å². The topological polar surface area (TPSA) is 37.8 Å². The van der Waals surface area contributed by atoms with Crippen LogP contribution in [-0.2, 0) is 5.75 Å². The molecule has 1 aliphatic rings. The van der Waals surface area contributed by atoms with Gasteiger partial charge in [0.2, 0.25) is 0 Å². The van der Waals surface area contributed by atoms with E-state index in [4.69, 9.17) is 0 Å². The van der Waals surface area contributed by atoms with E-state index in [2.05, 4.69) is 38.1 Å². The molecule has 0 radical (unpaired) electrons. The van der Waals surface area contributed by atoms with Crippen LogP contribution in [0.3, 0.4) is 0 Å². The maximum Gasteiger partial charge on any atom is 0.144 e. The number of nitrogens with zero attached hydrogens (tertiary/aromatic N) is 2. The fourth-order valence-electron chi connectivity index (χ4n) is 2.26. The molecule has 0 saturated heterocycles. The second-order valence-corrected chi connectivity index (χ2v) is 7.12. The first-order chi connectivity index (χ1) is 9.29. The van der Waals surface area contributed by atoms with Gasteiger partial charge in [-0.15, -0.1) is 0 Å². The molecule has 5 heteroatoms. The summed E-state index contributed by atoms with van der Waals surface area (Å²) in [5.74, 6) is 2.80. The van der Waals surface area contributed by atoms with Crippen LogP contribution >= 0.6 is 27.7 Å². The molecule has 19 heavy (non-hydrogen) atoms. The van der Waals surface area contributed by atoms with Crippen molar-refractivity contribution in [1.29, 1.82) is 0 Å². The predicted octanol–water partition coefficient (Wildman–Crippen LogP) is 4.63. The normalized spacial score (nSPS) is 16.5. The Bertz CT molecular complexity index is 394. The minimum absolute atomic E-state index is 0.813. The highest BCUT2D eigenvalue weighted by atomic mass is 79.9. The van der Waals surface area contributed by atoms with E-state index in [0.717, 1.165) is 40.1 Å². The highest BCUT2D eigenvalue weighted by Crippen LogP contribution is 2.30. The second-order valence-electron chi connectivity index (χ2n) is 4.98. The van der Waals surface area contributed by atoms with Gasteiger partial charge in [0, 0.05) is 18.0 Å². The Kier molecular flexibility index (Phi) is 6.44. The third-order valence-corrected chi connectivity index (χ3v) is 5.28. The molecule has 0 aromatic carbocycles. The van der Waals surface area contributed by atoms with Crippen molar-refractivity contribution in [3.05, 3.63) is 16.5 Å². The zero-order valence-corrected chi connectivity index (χ0v) is 13.9. The van der Waals surface area contributed by atoms with Crippen LogP contribution in [0.2, 0.25) is 0 Å². The summed E-state index contributed by atoms with van der Waals surface area (Å²) in [5, 5.41) is 4.15. The Hall–Kier alpha value is -0.290. The molecule has 1 fully saturated rings. The molecule has 1 aromatic heterocycles. The highest BCUT2D eigenvalue weighted by molar-refractivity contribution is 9.10. The number of halogens is 1. The van der Waals surface area contributed by atoms with Crippen LogP contribution in [0.5, 0.6) is 0 Å². The van der Waals surface area contributed by atoms with Crippen molar-refractivity contribution in [1.82, 2.24) is 9.97 Å². The summed E-state index contributed by atoms with van der Waals surface area (Å²) in [5.41, 5.74) is 0. The van der Waals surface area contributed by atoms with E-state index in [-0.39, 0.29) is 0 Å². The Balaban J connectivity index is 1.88. The predicted molar refractivity (Wildman–Crippen MR) is 86.7 cm³/mol. The van der Waals surface area contributed by atoms with Gasteiger partial charge in [-0.2, -0.15) is 11.8 Å². The molecule has 0 bridgehead atoms. The van der Waals surface area contributed by atoms with Crippen molar-refractivity contribution < 1.29 is 0 Å². The second kappa shape index (κ2) is 8.10. The number of hydrogen-bond donors (Lipinski definition) is 1. The smallest absolute Gasteiger partial charge is 0.144 e. The fourth-order valence-corrected chi connectivity index (χ4v) is 3.79. The first-order valence-electron chi connectivity index (χ1n) is 7.16. The quantitative estimate of drug-likeness (QED) is 0.817. The van der Waals surface area contributed by atoms with Gasteiger partial charge in [0.1, 0.15) is 11.6 Å². The summed E-state index contributed by atoms with van der Waals surface area (Å²) in [7, 11) is 0. The average molecular weight is 344 g/mol. The zero-order chi connectivity index (χ0) is 13.5. The van der Waals surface area contributed by atoms with Crippen molar-refractivity contribution in [3.63, 3.8) is 0 Å². The third-order valence-electron chi connectivity index (χ3n) is 3.34. The first kappa shape index (κ1) is 15.1. The van der Waals surface area contributed by atoms with Crippen LogP contribution in [0.4, 0.5) is 5.82 Å². The van der Waals surface area contributed by atoms with E-state index < -0.39 is 0 Å². The van der Waals surface area contributed by atoms with Crippen LogP contribution < -0.4 is 5.32 Å². The number of anilines is 1. The third kappa shape index (κ3) is 4.95. The van der Waals surface area contributed by atoms with Crippen LogP contribution in [0, 0.1) is 0 Å². The number of thioether (sulfide) groups is 1. The SMILES string of the molecule is CCCNc1nc(CSC2CCCCC2)ncc1Br. The molecule has 0 atom stereocenters. The summed E-state index contributed by atoms with van der Waals surface area (Å²) in [6.07, 6.45) is 9.88. The van der Waals surface area contributed by atoms with Crippen LogP contribution in [0.1, 0.15) is 51.3 Å². The minimum atomic E-state index is 0.813. The van der Waals surface area contributed by atoms with Gasteiger partial charge in [0.15, 0.2) is 0 Å². The summed E-state index contributed by atoms with van der Waals surface area (Å²) in [6.45, 7) is 3.10. The van der Waals surface area contributed by atoms with Crippen LogP contribution in [-0.4, -0.2) is 21.8 Å². The molecule has 1 aliphatic carbocycles. The van der Waals surface area contributed by atoms with E-state index in [1.54, 1.807) is 0 Å². The summed E-state index contributed by atoms with van der Waals surface area (Å²) < 4.78 is 0.951. The molecule has 2 rings (SSSR count). The number of rotatable bonds is 6. The fraction of sp³-hybridized carbons (Fsp3) is 0.714. The van der Waals surface area contributed by atoms with Crippen molar-refractivity contribution >= 4 is 33.5 Å². The van der Waals surface area contributed by atoms with Crippen LogP contribution in [0.25, 0.3) is 0 Å². The summed E-state index contributed by atoms with van der Waals surface area (Å²) >= 11 is 5.51. The Morgan fingerprint density at radius 3 is 2.89 bits per heavy atom. The van der Waals surface area contributed by atoms with E-state index >= 15 is 0 Å². The van der Waals surface area contributed by atoms with Gasteiger partial charge >= 0.3 is 0 Å². The van der Waals surface area contributed by atoms with E-state index in [9.17, 15) is 0 Å². The zero-order valence-electron chi connectivity index (χ0n) is 11.5. The lowest BCUT2D eigenvalue weighted by molar-refractivity contribution is 0.516. The van der Waals surface area contributed by atoms with E-state index in [1.807, 2.05) is 18.0 Å². The van der Waals surface area contributed by atoms with Gasteiger partial charge in [0.05, 0.1) is 10.2 Å². The van der Waals surface area contributed by atoms with Crippen LogP contribution in [0.15, 0.2) is 10.7 Å². The lowest BCUT2D eigenvalue weighted by Gasteiger charge is -2.20. The summed E-state index contributed by atoms with van der Waals surface area (Å²) in [4.78, 5) is 9.02. The van der Waals surface area contributed by atoms with E-state index in [0.29, 0.717) is 0 Å². The van der Waals surface area contributed by atoms with Gasteiger partial charge in [-0.3, -0.25) is 0 Å². The van der Waals surface area contributed by atoms with Gasteiger partial charge in [-0.25, -0.2) is 9.97 Å². The van der Waals surface area contributed by atoms with Crippen molar-refractivity contribution in [2.75, 3.05) is 11.9 Å². The Morgan fingerprint density at radius 1 is 1.37 bits per heavy atom. The molecule has 0 unspecified atom stereocenters. The van der Waals surface area contributed by atoms with Crippen molar-refractivity contribution in [2.45, 2.75) is 56.5 Å². The average Bonchev–Trinajstić information content (AvgIpc) is 2.46. The maximum atomic E-state index is 4.60. The van der Waals surface area contributed by atoms with Crippen molar-refractivity contribution in [2.24, 2.45) is 0 Å². The molecule has 1 aromatic rings. The number of nitrogens with one attached hydrogen (secondary N) is 1. The van der Waals surface area contributed by atoms with Gasteiger partial charge < -0.3 is 5.32 Å². The Morgan fingerprint density at radius 2 is 2.16 bits per heavy atom. The summed E-state index contributed by atoms with van der Waals surface area (Å²) in [6, 6.07) is 0. The monoisotopic (exact) mass is 343 g/mol. The molecule has 106 valence electrons. The number of aromatic nitrogens is 2. The highest BCUT2D eigenvalue weighted by Gasteiger charge is 2.14. The lowest BCUT2D eigenvalue weighted by Crippen LogP contribution is -2.10. The molecule has 3 nitrogen and oxygen atoms in total. The lowest BCUT2D eigenvalue weighted by atomic mass is 10.0. The first-order valence-corrected chi connectivity index (χ1v) is 9.00. The molecule has 1 heterocycles. The Labute approximate surface area is 128 Å². The van der Waals surface area contributed by atoms with Gasteiger partial charge in [-0.1, -0.05) is 26.2 Å². The van der Waals surface area contributed by atoms with Gasteiger partial charge in [0.25, 0.3) is 0 Å². The standard InChI is InChI=1S/C14H22BrN3S/c1-2-8-16-14-12(15)9-17-13(18-14)10-19-11-6-4-3-5-7-11/h9,11H,2-8,10H2,1H3,(H,16,17,18). The largest absolute Gasteiger partial charge is 0.369 e. The molecule has 0 aliphatic heterocycles. The molecule has 0 amide bonds.